The summed E-state index contributed by atoms with van der Waals surface area (Å²) in [5.74, 6) is 0. The number of hydrogen-bond acceptors (Lipinski definition) is 6. The fourth-order valence-corrected chi connectivity index (χ4v) is 0. The summed E-state index contributed by atoms with van der Waals surface area (Å²) in [6.45, 7) is 0. The van der Waals surface area contributed by atoms with Gasteiger partial charge in [-0.2, -0.15) is 0 Å². The first-order valence-electron chi connectivity index (χ1n) is 1.37. The third-order valence-electron chi connectivity index (χ3n) is 0. The van der Waals surface area contributed by atoms with E-state index in [0.29, 0.717) is 0 Å². The van der Waals surface area contributed by atoms with E-state index in [9.17, 15) is 0 Å². The van der Waals surface area contributed by atoms with Gasteiger partial charge >= 0.3 is 78.4 Å². The Balaban J connectivity index is -0.000000107. The molecule has 0 atom stereocenters. The van der Waals surface area contributed by atoms with E-state index in [1.165, 1.54) is 0 Å². The van der Waals surface area contributed by atoms with Crippen molar-refractivity contribution >= 4 is 59.3 Å². The first-order chi connectivity index (χ1) is 4.00. The maximum atomic E-state index is 8.82. The van der Waals surface area contributed by atoms with Gasteiger partial charge in [-0.15, -0.1) is 0 Å². The molecule has 0 rings (SSSR count). The van der Waals surface area contributed by atoms with Crippen LogP contribution in [0.2, 0.25) is 0 Å². The molecule has 8 nitrogen and oxygen atoms in total. The average Bonchev–Trinajstić information content (AvgIpc) is 1.12. The van der Waals surface area contributed by atoms with Gasteiger partial charge in [0.1, 0.15) is 0 Å². The summed E-state index contributed by atoms with van der Waals surface area (Å²) in [5, 5.41) is 0. The molecule has 0 bridgehead atoms. The Bertz CT molecular complexity index is 210. The third-order valence-corrected chi connectivity index (χ3v) is 0. The molecule has 0 aromatic carbocycles. The zero-order valence-electron chi connectivity index (χ0n) is 4.87. The average molecular weight is 351 g/mol. The van der Waals surface area contributed by atoms with Crippen molar-refractivity contribution in [2.45, 2.75) is 0 Å². The molecule has 0 aliphatic heterocycles. The molecule has 11 heavy (non-hydrogen) atoms. The van der Waals surface area contributed by atoms with E-state index in [1.54, 1.807) is 0 Å². The Kier molecular flexibility index (Phi) is 11.6. The van der Waals surface area contributed by atoms with Gasteiger partial charge in [0.05, 0.1) is 0 Å². The predicted octanol–water partition coefficient (Wildman–Crippen LogP) is -3.07. The van der Waals surface area contributed by atoms with E-state index in [1.807, 2.05) is 0 Å². The van der Waals surface area contributed by atoms with Gasteiger partial charge in [-0.3, -0.25) is 8.42 Å². The quantitative estimate of drug-likeness (QED) is 0.264. The predicted molar refractivity (Wildman–Crippen MR) is 22.0 cm³/mol. The van der Waals surface area contributed by atoms with Gasteiger partial charge < -0.3 is 9.11 Å². The van der Waals surface area contributed by atoms with Crippen LogP contribution in [-0.2, 0) is 31.6 Å². The standard InChI is InChI=1S/Ba.Cr.H2O4S.2H2O.2O/c;;1-5(2,3)4;;;;/h;;(H2,1,2,3,4);2*1H2;;/q2*+2;;;;;/p-4. The van der Waals surface area contributed by atoms with Crippen molar-refractivity contribution in [2.24, 2.45) is 0 Å². The number of rotatable bonds is 0. The molecule has 0 aliphatic carbocycles. The van der Waals surface area contributed by atoms with Crippen LogP contribution in [0.3, 0.4) is 0 Å². The van der Waals surface area contributed by atoms with Crippen molar-refractivity contribution in [1.29, 1.82) is 0 Å². The minimum atomic E-state index is -5.25. The molecule has 0 fully saturated rings. The molecule has 0 aliphatic rings. The molecule has 0 aromatic heterocycles. The summed E-state index contributed by atoms with van der Waals surface area (Å²) in [6, 6.07) is 0. The monoisotopic (exact) mass is 352 g/mol. The molecule has 11 heteroatoms. The summed E-state index contributed by atoms with van der Waals surface area (Å²) in [4.78, 5) is 0. The maximum absolute atomic E-state index is 8.82. The zero-order valence-corrected chi connectivity index (χ0v) is 11.4. The Morgan fingerprint density at radius 1 is 1.09 bits per heavy atom. The molecule has 0 spiro atoms. The first kappa shape index (κ1) is 18.3. The molecule has 0 saturated carbocycles. The van der Waals surface area contributed by atoms with Crippen LogP contribution in [0.25, 0.3) is 0 Å². The van der Waals surface area contributed by atoms with Gasteiger partial charge in [-0.25, -0.2) is 0 Å². The summed E-state index contributed by atoms with van der Waals surface area (Å²) in [7, 11) is -5.17. The second-order valence-corrected chi connectivity index (χ2v) is 3.07. The van der Waals surface area contributed by atoms with Gasteiger partial charge in [-0.1, -0.05) is 0 Å². The molecule has 0 saturated heterocycles. The van der Waals surface area contributed by atoms with Crippen molar-refractivity contribution in [3.63, 3.8) is 0 Å². The molecule has 2 N–H and O–H groups in total. The van der Waals surface area contributed by atoms with E-state index >= 15 is 0 Å². The van der Waals surface area contributed by atoms with Crippen LogP contribution in [0.15, 0.2) is 0 Å². The molecular formula is H2BaCrO8S. The van der Waals surface area contributed by atoms with E-state index < -0.39 is 24.0 Å². The summed E-state index contributed by atoms with van der Waals surface area (Å²) in [6.07, 6.45) is 0. The molecule has 0 heterocycles. The van der Waals surface area contributed by atoms with Crippen LogP contribution < -0.4 is 0 Å². The van der Waals surface area contributed by atoms with E-state index in [2.05, 4.69) is 0 Å². The van der Waals surface area contributed by atoms with E-state index in [4.69, 9.17) is 33.4 Å². The van der Waals surface area contributed by atoms with Crippen LogP contribution in [0.4, 0.5) is 0 Å². The second kappa shape index (κ2) is 6.95. The van der Waals surface area contributed by atoms with Crippen LogP contribution in [0.5, 0.6) is 0 Å². The molecule has 0 unspecified atom stereocenters. The minimum absolute atomic E-state index is 0. The van der Waals surface area contributed by atoms with E-state index in [-0.39, 0.29) is 48.9 Å². The fraction of sp³-hybridized carbons (Fsp3) is 0. The Morgan fingerprint density at radius 3 is 1.09 bits per heavy atom. The Hall–Kier alpha value is 1.49. The molecular weight excluding hydrogens is 349 g/mol. The van der Waals surface area contributed by atoms with Gasteiger partial charge in [0.25, 0.3) is 0 Å². The topological polar surface area (TPSA) is 155 Å². The van der Waals surface area contributed by atoms with Crippen molar-refractivity contribution in [2.75, 3.05) is 0 Å². The normalized spacial score (nSPS) is 10.5. The first-order valence-corrected chi connectivity index (χ1v) is 4.88. The van der Waals surface area contributed by atoms with Crippen molar-refractivity contribution < 1.29 is 47.1 Å². The summed E-state index contributed by atoms with van der Waals surface area (Å²) >= 11 is -5.25. The molecule has 64 valence electrons. The van der Waals surface area contributed by atoms with Crippen molar-refractivity contribution in [3.05, 3.63) is 0 Å². The van der Waals surface area contributed by atoms with Crippen molar-refractivity contribution in [3.8, 4) is 0 Å². The summed E-state index contributed by atoms with van der Waals surface area (Å²) < 4.78 is 66.0. The van der Waals surface area contributed by atoms with Gasteiger partial charge in [-0.05, 0) is 0 Å². The molecule has 0 aromatic rings. The van der Waals surface area contributed by atoms with Crippen LogP contribution in [0, 0.1) is 0 Å². The Labute approximate surface area is 105 Å². The molecule has 0 radical (unpaired) electrons. The molecule has 0 amide bonds. The summed E-state index contributed by atoms with van der Waals surface area (Å²) in [5.41, 5.74) is 0. The fourth-order valence-electron chi connectivity index (χ4n) is 0. The SMILES string of the molecule is O=S(=O)([O-])[O-].[Ba+2].[O]=[Cr](=[O])([OH])[OH]. The Morgan fingerprint density at radius 2 is 1.09 bits per heavy atom. The van der Waals surface area contributed by atoms with Gasteiger partial charge in [0.2, 0.25) is 0 Å². The van der Waals surface area contributed by atoms with Gasteiger partial charge in [0, 0.05) is 10.4 Å². The second-order valence-electron chi connectivity index (χ2n) is 0.856. The van der Waals surface area contributed by atoms with Crippen LogP contribution in [0.1, 0.15) is 0 Å². The van der Waals surface area contributed by atoms with Gasteiger partial charge in [0.15, 0.2) is 0 Å². The third kappa shape index (κ3) is 464. The zero-order chi connectivity index (χ0) is 9.00. The van der Waals surface area contributed by atoms with Crippen LogP contribution in [-0.4, -0.2) is 74.7 Å². The number of hydrogen-bond donors (Lipinski definition) is 2. The van der Waals surface area contributed by atoms with Crippen molar-refractivity contribution in [1.82, 2.24) is 0 Å². The van der Waals surface area contributed by atoms with Crippen LogP contribution >= 0.6 is 0 Å². The van der Waals surface area contributed by atoms with E-state index in [0.717, 1.165) is 0 Å².